The lowest BCUT2D eigenvalue weighted by Gasteiger charge is -2.15. The van der Waals surface area contributed by atoms with Gasteiger partial charge in [0.25, 0.3) is 5.91 Å². The molecule has 2 N–H and O–H groups in total. The first-order valence-corrected chi connectivity index (χ1v) is 7.50. The Morgan fingerprint density at radius 1 is 1.00 bits per heavy atom. The molecule has 1 aromatic heterocycles. The molecule has 1 heterocycles. The largest absolute Gasteiger partial charge is 0.443 e. The van der Waals surface area contributed by atoms with Crippen LogP contribution in [0.3, 0.4) is 0 Å². The molecule has 2 aromatic carbocycles. The number of carbonyl (C=O) groups is 2. The Balaban J connectivity index is 1.87. The molecule has 0 aliphatic carbocycles. The summed E-state index contributed by atoms with van der Waals surface area (Å²) in [5.74, 6) is -2.70. The van der Waals surface area contributed by atoms with Crippen LogP contribution >= 0.6 is 0 Å². The molecule has 1 atom stereocenters. The summed E-state index contributed by atoms with van der Waals surface area (Å²) in [6.07, 6.45) is 1.20. The van der Waals surface area contributed by atoms with Crippen molar-refractivity contribution in [3.05, 3.63) is 83.9 Å². The molecule has 0 radical (unpaired) electrons. The van der Waals surface area contributed by atoms with Gasteiger partial charge < -0.3 is 10.5 Å². The molecular formula is C18H13F2N3O3. The molecule has 0 unspecified atom stereocenters. The van der Waals surface area contributed by atoms with Crippen LogP contribution in [0.2, 0.25) is 0 Å². The van der Waals surface area contributed by atoms with Gasteiger partial charge in [-0.05, 0) is 36.4 Å². The van der Waals surface area contributed by atoms with Gasteiger partial charge in [0.15, 0.2) is 5.69 Å². The van der Waals surface area contributed by atoms with Gasteiger partial charge in [0, 0.05) is 11.3 Å². The lowest BCUT2D eigenvalue weighted by molar-refractivity contribution is -0.127. The SMILES string of the molecule is NC(=O)[C@@H](OC(=O)c1cncn1-c1ccc(F)cc1)c1ccc(F)cc1. The third-order valence-electron chi connectivity index (χ3n) is 3.61. The number of hydrogen-bond donors (Lipinski definition) is 1. The summed E-state index contributed by atoms with van der Waals surface area (Å²) in [7, 11) is 0. The van der Waals surface area contributed by atoms with Crippen molar-refractivity contribution in [2.45, 2.75) is 6.10 Å². The second-order valence-corrected chi connectivity index (χ2v) is 5.36. The van der Waals surface area contributed by atoms with E-state index in [2.05, 4.69) is 4.98 Å². The molecule has 3 aromatic rings. The number of hydrogen-bond acceptors (Lipinski definition) is 4. The molecule has 0 spiro atoms. The predicted octanol–water partition coefficient (Wildman–Crippen LogP) is 2.53. The molecule has 1 amide bonds. The van der Waals surface area contributed by atoms with Crippen LogP contribution in [-0.4, -0.2) is 21.4 Å². The zero-order chi connectivity index (χ0) is 18.7. The van der Waals surface area contributed by atoms with Crippen LogP contribution in [0.5, 0.6) is 0 Å². The Kier molecular flexibility index (Phi) is 4.74. The standard InChI is InChI=1S/C18H13F2N3O3/c19-12-3-1-11(2-4-12)16(17(21)24)26-18(25)15-9-22-10-23(15)14-7-5-13(20)6-8-14/h1-10,16H,(H2,21,24)/t16-/m0/s1. The van der Waals surface area contributed by atoms with Crippen LogP contribution in [-0.2, 0) is 9.53 Å². The zero-order valence-corrected chi connectivity index (χ0v) is 13.3. The highest BCUT2D eigenvalue weighted by atomic mass is 19.1. The topological polar surface area (TPSA) is 87.2 Å². The van der Waals surface area contributed by atoms with Gasteiger partial charge >= 0.3 is 5.97 Å². The summed E-state index contributed by atoms with van der Waals surface area (Å²) in [6, 6.07) is 10.2. The van der Waals surface area contributed by atoms with Gasteiger partial charge in [-0.25, -0.2) is 18.6 Å². The van der Waals surface area contributed by atoms with Gasteiger partial charge in [-0.2, -0.15) is 0 Å². The lowest BCUT2D eigenvalue weighted by atomic mass is 10.1. The van der Waals surface area contributed by atoms with Crippen LogP contribution in [0.15, 0.2) is 61.1 Å². The predicted molar refractivity (Wildman–Crippen MR) is 87.3 cm³/mol. The van der Waals surface area contributed by atoms with Gasteiger partial charge in [-0.3, -0.25) is 9.36 Å². The molecule has 26 heavy (non-hydrogen) atoms. The average Bonchev–Trinajstić information content (AvgIpc) is 3.10. The first-order valence-electron chi connectivity index (χ1n) is 7.50. The summed E-state index contributed by atoms with van der Waals surface area (Å²) in [5.41, 5.74) is 6.03. The van der Waals surface area contributed by atoms with Crippen LogP contribution in [0, 0.1) is 11.6 Å². The van der Waals surface area contributed by atoms with Crippen LogP contribution in [0.4, 0.5) is 8.78 Å². The van der Waals surface area contributed by atoms with Gasteiger partial charge in [0.2, 0.25) is 6.10 Å². The number of ether oxygens (including phenoxy) is 1. The lowest BCUT2D eigenvalue weighted by Crippen LogP contribution is -2.27. The second-order valence-electron chi connectivity index (χ2n) is 5.36. The highest BCUT2D eigenvalue weighted by molar-refractivity contribution is 5.91. The second kappa shape index (κ2) is 7.14. The zero-order valence-electron chi connectivity index (χ0n) is 13.3. The van der Waals surface area contributed by atoms with Crippen molar-refractivity contribution in [2.75, 3.05) is 0 Å². The quantitative estimate of drug-likeness (QED) is 0.711. The Labute approximate surface area is 146 Å². The number of esters is 1. The Bertz CT molecular complexity index is 937. The molecule has 0 aliphatic heterocycles. The van der Waals surface area contributed by atoms with Gasteiger partial charge in [0.1, 0.15) is 11.6 Å². The molecule has 0 saturated carbocycles. The van der Waals surface area contributed by atoms with E-state index in [1.807, 2.05) is 0 Å². The minimum atomic E-state index is -1.39. The number of imidazole rings is 1. The fourth-order valence-corrected chi connectivity index (χ4v) is 2.35. The Morgan fingerprint density at radius 3 is 2.15 bits per heavy atom. The first kappa shape index (κ1) is 17.3. The highest BCUT2D eigenvalue weighted by Crippen LogP contribution is 2.21. The fourth-order valence-electron chi connectivity index (χ4n) is 2.35. The van der Waals surface area contributed by atoms with Crippen molar-refractivity contribution in [3.8, 4) is 5.69 Å². The molecule has 132 valence electrons. The molecule has 8 heteroatoms. The van der Waals surface area contributed by atoms with E-state index in [4.69, 9.17) is 10.5 Å². The summed E-state index contributed by atoms with van der Waals surface area (Å²) in [5, 5.41) is 0. The van der Waals surface area contributed by atoms with E-state index in [1.54, 1.807) is 0 Å². The number of benzene rings is 2. The smallest absolute Gasteiger partial charge is 0.358 e. The molecule has 3 rings (SSSR count). The van der Waals surface area contributed by atoms with Crippen molar-refractivity contribution in [3.63, 3.8) is 0 Å². The van der Waals surface area contributed by atoms with Gasteiger partial charge in [-0.1, -0.05) is 12.1 Å². The molecule has 0 bridgehead atoms. The highest BCUT2D eigenvalue weighted by Gasteiger charge is 2.25. The molecular weight excluding hydrogens is 344 g/mol. The Hall–Kier alpha value is -3.55. The maximum Gasteiger partial charge on any atom is 0.358 e. The van der Waals surface area contributed by atoms with E-state index in [0.29, 0.717) is 5.69 Å². The minimum absolute atomic E-state index is 0.0185. The number of primary amides is 1. The van der Waals surface area contributed by atoms with Crippen molar-refractivity contribution in [1.82, 2.24) is 9.55 Å². The minimum Gasteiger partial charge on any atom is -0.443 e. The average molecular weight is 357 g/mol. The van der Waals surface area contributed by atoms with Crippen LogP contribution in [0.25, 0.3) is 5.69 Å². The molecule has 6 nitrogen and oxygen atoms in total. The third-order valence-corrected chi connectivity index (χ3v) is 3.61. The number of carbonyl (C=O) groups excluding carboxylic acids is 2. The summed E-state index contributed by atoms with van der Waals surface area (Å²) < 4.78 is 32.7. The summed E-state index contributed by atoms with van der Waals surface area (Å²) in [4.78, 5) is 28.0. The molecule has 0 fully saturated rings. The summed E-state index contributed by atoms with van der Waals surface area (Å²) in [6.45, 7) is 0. The number of nitrogens with two attached hydrogens (primary N) is 1. The van der Waals surface area contributed by atoms with E-state index in [0.717, 1.165) is 12.1 Å². The monoisotopic (exact) mass is 357 g/mol. The van der Waals surface area contributed by atoms with Crippen LogP contribution < -0.4 is 5.73 Å². The van der Waals surface area contributed by atoms with E-state index < -0.39 is 29.6 Å². The number of nitrogens with zero attached hydrogens (tertiary/aromatic N) is 2. The van der Waals surface area contributed by atoms with E-state index in [-0.39, 0.29) is 11.3 Å². The van der Waals surface area contributed by atoms with E-state index in [1.165, 1.54) is 53.5 Å². The van der Waals surface area contributed by atoms with Crippen LogP contribution in [0.1, 0.15) is 22.2 Å². The third kappa shape index (κ3) is 3.59. The number of aromatic nitrogens is 2. The van der Waals surface area contributed by atoms with Crippen molar-refractivity contribution < 1.29 is 23.1 Å². The molecule has 0 aliphatic rings. The maximum atomic E-state index is 13.1. The Morgan fingerprint density at radius 2 is 1.58 bits per heavy atom. The fraction of sp³-hybridized carbons (Fsp3) is 0.0556. The van der Waals surface area contributed by atoms with Crippen molar-refractivity contribution in [2.24, 2.45) is 5.73 Å². The first-order chi connectivity index (χ1) is 12.5. The van der Waals surface area contributed by atoms with Gasteiger partial charge in [0.05, 0.1) is 12.5 Å². The van der Waals surface area contributed by atoms with E-state index >= 15 is 0 Å². The van der Waals surface area contributed by atoms with E-state index in [9.17, 15) is 18.4 Å². The maximum absolute atomic E-state index is 13.1. The normalized spacial score (nSPS) is 11.8. The van der Waals surface area contributed by atoms with Crippen molar-refractivity contribution >= 4 is 11.9 Å². The van der Waals surface area contributed by atoms with Crippen molar-refractivity contribution in [1.29, 1.82) is 0 Å². The summed E-state index contributed by atoms with van der Waals surface area (Å²) >= 11 is 0. The number of halogens is 2. The number of amides is 1. The van der Waals surface area contributed by atoms with Gasteiger partial charge in [-0.15, -0.1) is 0 Å². The number of rotatable bonds is 5. The molecule has 0 saturated heterocycles.